The molecule has 0 saturated heterocycles. The number of nitrogen functional groups attached to an aromatic ring is 1. The van der Waals surface area contributed by atoms with Gasteiger partial charge in [-0.3, -0.25) is 4.98 Å². The molecule has 0 unspecified atom stereocenters. The van der Waals surface area contributed by atoms with Crippen LogP contribution in [0.1, 0.15) is 18.9 Å². The third kappa shape index (κ3) is 5.66. The first-order chi connectivity index (χ1) is 30.6. The molecule has 62 heavy (non-hydrogen) atoms. The van der Waals surface area contributed by atoms with E-state index in [1.807, 2.05) is 23.6 Å². The number of pyridine rings is 1. The average molecular weight is 809 g/mol. The van der Waals surface area contributed by atoms with E-state index < -0.39 is 0 Å². The van der Waals surface area contributed by atoms with Crippen LogP contribution >= 0.6 is 11.3 Å². The standard InChI is InChI=1S/C59H40N2S/c1-2-3-14-36-26-28-39(34-52(36)60)56-43-18-6-4-16-41(43)55(42-17-5-7-19-44(42)56)38-30-31-54-51(33-38)49-24-12-25-50(59(49)62-54)58-47-22-10-8-20-45(47)57(46-21-9-11-23-48(46)58)40-29-27-37-15-13-32-61-53(37)35-40/h3-35H,2,60H2,1H3/b14-3-. The molecule has 0 radical (unpaired) electrons. The van der Waals surface area contributed by atoms with E-state index in [-0.39, 0.29) is 0 Å². The van der Waals surface area contributed by atoms with Crippen molar-refractivity contribution in [1.82, 2.24) is 4.98 Å². The number of hydrogen-bond acceptors (Lipinski definition) is 3. The molecule has 2 heterocycles. The van der Waals surface area contributed by atoms with Gasteiger partial charge in [0.2, 0.25) is 0 Å². The lowest BCUT2D eigenvalue weighted by molar-refractivity contribution is 1.23. The zero-order valence-electron chi connectivity index (χ0n) is 34.2. The molecule has 0 aliphatic rings. The van der Waals surface area contributed by atoms with Crippen molar-refractivity contribution >= 4 is 97.3 Å². The first kappa shape index (κ1) is 36.3. The monoisotopic (exact) mass is 808 g/mol. The van der Waals surface area contributed by atoms with E-state index in [4.69, 9.17) is 10.7 Å². The van der Waals surface area contributed by atoms with Crippen molar-refractivity contribution in [2.45, 2.75) is 13.3 Å². The Morgan fingerprint density at radius 3 is 1.56 bits per heavy atom. The molecule has 0 aliphatic carbocycles. The van der Waals surface area contributed by atoms with Gasteiger partial charge in [-0.05, 0) is 124 Å². The summed E-state index contributed by atoms with van der Waals surface area (Å²) in [7, 11) is 0. The fraction of sp³-hybridized carbons (Fsp3) is 0.0339. The Balaban J connectivity index is 1.07. The second kappa shape index (κ2) is 14.6. The van der Waals surface area contributed by atoms with Crippen LogP contribution in [0.2, 0.25) is 0 Å². The van der Waals surface area contributed by atoms with Crippen molar-refractivity contribution in [3.8, 4) is 44.5 Å². The van der Waals surface area contributed by atoms with E-state index in [1.165, 1.54) is 102 Å². The Morgan fingerprint density at radius 1 is 0.468 bits per heavy atom. The van der Waals surface area contributed by atoms with Gasteiger partial charge in [0.15, 0.2) is 0 Å². The van der Waals surface area contributed by atoms with Crippen LogP contribution in [-0.4, -0.2) is 4.98 Å². The molecule has 0 amide bonds. The van der Waals surface area contributed by atoms with Crippen LogP contribution in [0.3, 0.4) is 0 Å². The number of nitrogens with zero attached hydrogens (tertiary/aromatic N) is 1. The fourth-order valence-corrected chi connectivity index (χ4v) is 11.2. The summed E-state index contributed by atoms with van der Waals surface area (Å²) in [5.74, 6) is 0. The van der Waals surface area contributed by atoms with Crippen molar-refractivity contribution in [3.63, 3.8) is 0 Å². The molecule has 0 aliphatic heterocycles. The van der Waals surface area contributed by atoms with Crippen molar-refractivity contribution in [3.05, 3.63) is 200 Å². The number of fused-ring (bicyclic) bond motifs is 8. The summed E-state index contributed by atoms with van der Waals surface area (Å²) in [5, 5.41) is 13.6. The Bertz CT molecular complexity index is 3700. The van der Waals surface area contributed by atoms with Gasteiger partial charge in [0.25, 0.3) is 0 Å². The van der Waals surface area contributed by atoms with E-state index in [1.54, 1.807) is 0 Å². The second-order valence-corrected chi connectivity index (χ2v) is 17.3. The molecule has 2 N–H and O–H groups in total. The third-order valence-electron chi connectivity index (χ3n) is 12.7. The summed E-state index contributed by atoms with van der Waals surface area (Å²) in [4.78, 5) is 4.73. The highest BCUT2D eigenvalue weighted by Gasteiger charge is 2.21. The lowest BCUT2D eigenvalue weighted by Crippen LogP contribution is -1.93. The van der Waals surface area contributed by atoms with Crippen molar-refractivity contribution in [2.24, 2.45) is 0 Å². The molecule has 10 aromatic carbocycles. The molecule has 0 spiro atoms. The first-order valence-corrected chi connectivity index (χ1v) is 22.2. The number of rotatable bonds is 6. The average Bonchev–Trinajstić information content (AvgIpc) is 3.70. The molecule has 0 fully saturated rings. The first-order valence-electron chi connectivity index (χ1n) is 21.4. The maximum atomic E-state index is 6.69. The normalized spacial score (nSPS) is 12.0. The summed E-state index contributed by atoms with van der Waals surface area (Å²) in [6.07, 6.45) is 7.13. The van der Waals surface area contributed by atoms with Gasteiger partial charge in [-0.1, -0.05) is 171 Å². The molecule has 12 rings (SSSR count). The van der Waals surface area contributed by atoms with Crippen molar-refractivity contribution in [2.75, 3.05) is 5.73 Å². The molecule has 0 saturated carbocycles. The second-order valence-electron chi connectivity index (χ2n) is 16.2. The quantitative estimate of drug-likeness (QED) is 0.134. The van der Waals surface area contributed by atoms with E-state index >= 15 is 0 Å². The molecule has 0 atom stereocenters. The van der Waals surface area contributed by atoms with E-state index in [0.29, 0.717) is 0 Å². The van der Waals surface area contributed by atoms with Crippen LogP contribution in [0.4, 0.5) is 5.69 Å². The molecule has 2 nitrogen and oxygen atoms in total. The van der Waals surface area contributed by atoms with E-state index in [2.05, 4.69) is 195 Å². The maximum Gasteiger partial charge on any atom is 0.0708 e. The van der Waals surface area contributed by atoms with Gasteiger partial charge >= 0.3 is 0 Å². The predicted molar refractivity (Wildman–Crippen MR) is 270 cm³/mol. The minimum atomic E-state index is 0.790. The lowest BCUT2D eigenvalue weighted by Gasteiger charge is -2.18. The van der Waals surface area contributed by atoms with Crippen LogP contribution in [0.15, 0.2) is 194 Å². The molecule has 3 heteroatoms. The van der Waals surface area contributed by atoms with Gasteiger partial charge in [0.05, 0.1) is 5.52 Å². The third-order valence-corrected chi connectivity index (χ3v) is 13.9. The van der Waals surface area contributed by atoms with Crippen LogP contribution in [-0.2, 0) is 0 Å². The minimum Gasteiger partial charge on any atom is -0.398 e. The van der Waals surface area contributed by atoms with Crippen LogP contribution < -0.4 is 5.73 Å². The Morgan fingerprint density at radius 2 is 0.984 bits per heavy atom. The van der Waals surface area contributed by atoms with E-state index in [0.717, 1.165) is 34.1 Å². The SMILES string of the molecule is CC/C=C\c1ccc(-c2c3ccccc3c(-c3ccc4sc5c(-c6c7ccccc7c(-c7ccc8cccnc8c7)c7ccccc67)cccc5c4c3)c3ccccc23)cc1N. The van der Waals surface area contributed by atoms with Gasteiger partial charge in [-0.2, -0.15) is 0 Å². The number of hydrogen-bond donors (Lipinski definition) is 1. The Hall–Kier alpha value is -7.59. The number of nitrogens with two attached hydrogens (primary N) is 1. The summed E-state index contributed by atoms with van der Waals surface area (Å²) in [6, 6.07) is 66.9. The molecule has 292 valence electrons. The zero-order chi connectivity index (χ0) is 41.3. The van der Waals surface area contributed by atoms with Gasteiger partial charge in [-0.25, -0.2) is 0 Å². The topological polar surface area (TPSA) is 38.9 Å². The lowest BCUT2D eigenvalue weighted by atomic mass is 9.85. The number of anilines is 1. The fourth-order valence-electron chi connectivity index (χ4n) is 9.98. The largest absolute Gasteiger partial charge is 0.398 e. The van der Waals surface area contributed by atoms with E-state index in [9.17, 15) is 0 Å². The molecular weight excluding hydrogens is 769 g/mol. The highest BCUT2D eigenvalue weighted by Crippen LogP contribution is 2.50. The van der Waals surface area contributed by atoms with Gasteiger partial charge in [0.1, 0.15) is 0 Å². The zero-order valence-corrected chi connectivity index (χ0v) is 35.0. The number of allylic oxidation sites excluding steroid dienone is 1. The number of aromatic nitrogens is 1. The molecular formula is C59H40N2S. The van der Waals surface area contributed by atoms with Gasteiger partial charge in [-0.15, -0.1) is 11.3 Å². The number of thiophene rings is 1. The highest BCUT2D eigenvalue weighted by atomic mass is 32.1. The molecule has 0 bridgehead atoms. The summed E-state index contributed by atoms with van der Waals surface area (Å²) < 4.78 is 2.58. The highest BCUT2D eigenvalue weighted by molar-refractivity contribution is 7.26. The summed E-state index contributed by atoms with van der Waals surface area (Å²) >= 11 is 1.90. The molecule has 2 aromatic heterocycles. The van der Waals surface area contributed by atoms with Crippen molar-refractivity contribution < 1.29 is 0 Å². The minimum absolute atomic E-state index is 0.790. The van der Waals surface area contributed by atoms with Crippen LogP contribution in [0.25, 0.3) is 125 Å². The number of benzene rings is 10. The Labute approximate surface area is 363 Å². The summed E-state index contributed by atoms with van der Waals surface area (Å²) in [5.41, 5.74) is 19.3. The van der Waals surface area contributed by atoms with Crippen LogP contribution in [0.5, 0.6) is 0 Å². The van der Waals surface area contributed by atoms with Gasteiger partial charge < -0.3 is 5.73 Å². The Kier molecular flexibility index (Phi) is 8.51. The molecule has 12 aromatic rings. The van der Waals surface area contributed by atoms with Crippen molar-refractivity contribution in [1.29, 1.82) is 0 Å². The van der Waals surface area contributed by atoms with Crippen LogP contribution in [0, 0.1) is 0 Å². The maximum absolute atomic E-state index is 6.69. The van der Waals surface area contributed by atoms with Gasteiger partial charge in [0, 0.05) is 43.0 Å². The summed E-state index contributed by atoms with van der Waals surface area (Å²) in [6.45, 7) is 2.14. The smallest absolute Gasteiger partial charge is 0.0708 e. The predicted octanol–water partition coefficient (Wildman–Crippen LogP) is 16.9.